The predicted octanol–water partition coefficient (Wildman–Crippen LogP) is 1.45. The number of urea groups is 1. The molecule has 2 N–H and O–H groups in total. The number of carboxylic acids is 1. The van der Waals surface area contributed by atoms with Crippen LogP contribution in [0.1, 0.15) is 40.0 Å². The van der Waals surface area contributed by atoms with Crippen molar-refractivity contribution in [3.63, 3.8) is 0 Å². The summed E-state index contributed by atoms with van der Waals surface area (Å²) in [5.74, 6) is -0.976. The summed E-state index contributed by atoms with van der Waals surface area (Å²) in [5, 5.41) is 11.7. The molecule has 2 unspecified atom stereocenters. The van der Waals surface area contributed by atoms with E-state index in [9.17, 15) is 9.59 Å². The Balaban J connectivity index is 2.53. The number of carboxylic acid groups (broad SMARTS) is 1. The zero-order chi connectivity index (χ0) is 14.4. The molecule has 6 nitrogen and oxygen atoms in total. The number of carbonyl (C=O) groups excluding carboxylic acids is 1. The molecule has 1 aliphatic rings. The zero-order valence-corrected chi connectivity index (χ0v) is 11.9. The number of unbranched alkanes of at least 4 members (excludes halogenated alkanes) is 1. The first-order valence-electron chi connectivity index (χ1n) is 6.87. The molecule has 0 aliphatic carbocycles. The van der Waals surface area contributed by atoms with Gasteiger partial charge in [-0.1, -0.05) is 19.8 Å². The molecule has 6 heteroatoms. The van der Waals surface area contributed by atoms with Crippen molar-refractivity contribution in [1.29, 1.82) is 0 Å². The van der Waals surface area contributed by atoms with Crippen LogP contribution < -0.4 is 5.32 Å². The van der Waals surface area contributed by atoms with Gasteiger partial charge in [0.05, 0.1) is 12.2 Å². The Morgan fingerprint density at radius 3 is 2.42 bits per heavy atom. The number of rotatable bonds is 5. The third-order valence-electron chi connectivity index (χ3n) is 3.15. The van der Waals surface area contributed by atoms with Gasteiger partial charge in [-0.05, 0) is 20.3 Å². The summed E-state index contributed by atoms with van der Waals surface area (Å²) in [7, 11) is 0. The highest BCUT2D eigenvalue weighted by Gasteiger charge is 2.28. The van der Waals surface area contributed by atoms with Crippen molar-refractivity contribution in [2.45, 2.75) is 58.3 Å². The quantitative estimate of drug-likeness (QED) is 0.794. The molecule has 1 heterocycles. The molecule has 0 aromatic heterocycles. The molecule has 0 bridgehead atoms. The van der Waals surface area contributed by atoms with Crippen molar-refractivity contribution in [3.05, 3.63) is 0 Å². The summed E-state index contributed by atoms with van der Waals surface area (Å²) < 4.78 is 5.55. The zero-order valence-electron chi connectivity index (χ0n) is 11.9. The molecule has 1 aliphatic heterocycles. The van der Waals surface area contributed by atoms with Gasteiger partial charge in [0.2, 0.25) is 0 Å². The van der Waals surface area contributed by atoms with Crippen molar-refractivity contribution < 1.29 is 19.4 Å². The number of morpholine rings is 1. The van der Waals surface area contributed by atoms with Crippen molar-refractivity contribution in [2.75, 3.05) is 13.1 Å². The first-order valence-corrected chi connectivity index (χ1v) is 6.87. The van der Waals surface area contributed by atoms with E-state index in [0.717, 1.165) is 12.8 Å². The van der Waals surface area contributed by atoms with Crippen LogP contribution in [0.15, 0.2) is 0 Å². The lowest BCUT2D eigenvalue weighted by atomic mass is 10.1. The van der Waals surface area contributed by atoms with Gasteiger partial charge in [-0.3, -0.25) is 0 Å². The van der Waals surface area contributed by atoms with Crippen molar-refractivity contribution >= 4 is 12.0 Å². The van der Waals surface area contributed by atoms with Crippen LogP contribution in [0.2, 0.25) is 0 Å². The number of hydrogen-bond acceptors (Lipinski definition) is 3. The average Bonchev–Trinajstić information content (AvgIpc) is 2.32. The standard InChI is InChI=1S/C13H24N2O4/c1-4-5-6-11(12(16)17)14-13(18)15-7-9(2)19-10(3)8-15/h9-11H,4-8H2,1-3H3,(H,14,18)(H,16,17)/t9?,10?,11-/m0/s1. The molecule has 1 rings (SSSR count). The Bertz CT molecular complexity index is 312. The molecule has 1 saturated heterocycles. The van der Waals surface area contributed by atoms with E-state index < -0.39 is 12.0 Å². The van der Waals surface area contributed by atoms with E-state index in [0.29, 0.717) is 19.5 Å². The Kier molecular flexibility index (Phi) is 6.08. The number of aliphatic carboxylic acids is 1. The van der Waals surface area contributed by atoms with Crippen LogP contribution in [0, 0.1) is 0 Å². The molecule has 110 valence electrons. The van der Waals surface area contributed by atoms with E-state index in [-0.39, 0.29) is 18.2 Å². The van der Waals surface area contributed by atoms with Crippen LogP contribution in [-0.2, 0) is 9.53 Å². The van der Waals surface area contributed by atoms with E-state index >= 15 is 0 Å². The fourth-order valence-corrected chi connectivity index (χ4v) is 2.25. The topological polar surface area (TPSA) is 78.9 Å². The minimum absolute atomic E-state index is 0.0200. The molecule has 0 aromatic rings. The molecular weight excluding hydrogens is 248 g/mol. The second kappa shape index (κ2) is 7.33. The summed E-state index contributed by atoms with van der Waals surface area (Å²) in [6.45, 7) is 6.79. The number of ether oxygens (including phenoxy) is 1. The van der Waals surface area contributed by atoms with E-state index in [1.165, 1.54) is 0 Å². The maximum atomic E-state index is 12.1. The number of nitrogens with zero attached hydrogens (tertiary/aromatic N) is 1. The van der Waals surface area contributed by atoms with Gasteiger partial charge in [-0.2, -0.15) is 0 Å². The highest BCUT2D eigenvalue weighted by molar-refractivity contribution is 5.82. The fraction of sp³-hybridized carbons (Fsp3) is 0.846. The fourth-order valence-electron chi connectivity index (χ4n) is 2.25. The van der Waals surface area contributed by atoms with E-state index in [4.69, 9.17) is 9.84 Å². The second-order valence-corrected chi connectivity index (χ2v) is 5.14. The summed E-state index contributed by atoms with van der Waals surface area (Å²) in [6, 6.07) is -1.12. The Morgan fingerprint density at radius 1 is 1.37 bits per heavy atom. The van der Waals surface area contributed by atoms with Gasteiger partial charge < -0.3 is 20.1 Å². The van der Waals surface area contributed by atoms with Crippen LogP contribution >= 0.6 is 0 Å². The first kappa shape index (κ1) is 15.8. The van der Waals surface area contributed by atoms with E-state index in [2.05, 4.69) is 5.32 Å². The highest BCUT2D eigenvalue weighted by Crippen LogP contribution is 2.11. The molecule has 3 atom stereocenters. The second-order valence-electron chi connectivity index (χ2n) is 5.14. The monoisotopic (exact) mass is 272 g/mol. The van der Waals surface area contributed by atoms with Crippen molar-refractivity contribution in [2.24, 2.45) is 0 Å². The van der Waals surface area contributed by atoms with E-state index in [1.54, 1.807) is 4.90 Å². The number of hydrogen-bond donors (Lipinski definition) is 2. The van der Waals surface area contributed by atoms with Crippen molar-refractivity contribution in [1.82, 2.24) is 10.2 Å². The van der Waals surface area contributed by atoms with Crippen LogP contribution in [-0.4, -0.2) is 53.3 Å². The molecule has 2 amide bonds. The highest BCUT2D eigenvalue weighted by atomic mass is 16.5. The number of carbonyl (C=O) groups is 2. The Labute approximate surface area is 114 Å². The normalized spacial score (nSPS) is 24.9. The van der Waals surface area contributed by atoms with Crippen LogP contribution in [0.5, 0.6) is 0 Å². The maximum Gasteiger partial charge on any atom is 0.326 e. The summed E-state index contributed by atoms with van der Waals surface area (Å²) in [4.78, 5) is 24.8. The molecular formula is C13H24N2O4. The van der Waals surface area contributed by atoms with Gasteiger partial charge in [-0.15, -0.1) is 0 Å². The summed E-state index contributed by atoms with van der Waals surface area (Å²) in [6.07, 6.45) is 2.12. The van der Waals surface area contributed by atoms with Crippen molar-refractivity contribution in [3.8, 4) is 0 Å². The maximum absolute atomic E-state index is 12.1. The van der Waals surface area contributed by atoms with Gasteiger partial charge in [0.1, 0.15) is 6.04 Å². The Morgan fingerprint density at radius 2 is 1.95 bits per heavy atom. The smallest absolute Gasteiger partial charge is 0.326 e. The first-order chi connectivity index (χ1) is 8.93. The molecule has 19 heavy (non-hydrogen) atoms. The average molecular weight is 272 g/mol. The lowest BCUT2D eigenvalue weighted by Gasteiger charge is -2.35. The molecule has 0 radical (unpaired) electrons. The SMILES string of the molecule is CCCC[C@H](NC(=O)N1CC(C)OC(C)C1)C(=O)O. The van der Waals surface area contributed by atoms with Crippen LogP contribution in [0.4, 0.5) is 4.79 Å². The minimum Gasteiger partial charge on any atom is -0.480 e. The van der Waals surface area contributed by atoms with Crippen LogP contribution in [0.3, 0.4) is 0 Å². The molecule has 1 fully saturated rings. The van der Waals surface area contributed by atoms with Gasteiger partial charge in [0.15, 0.2) is 0 Å². The minimum atomic E-state index is -0.976. The van der Waals surface area contributed by atoms with Gasteiger partial charge in [0.25, 0.3) is 0 Å². The third kappa shape index (κ3) is 5.06. The summed E-state index contributed by atoms with van der Waals surface area (Å²) in [5.41, 5.74) is 0. The number of amides is 2. The predicted molar refractivity (Wildman–Crippen MR) is 71.1 cm³/mol. The van der Waals surface area contributed by atoms with Crippen LogP contribution in [0.25, 0.3) is 0 Å². The summed E-state index contributed by atoms with van der Waals surface area (Å²) >= 11 is 0. The lowest BCUT2D eigenvalue weighted by Crippen LogP contribution is -2.54. The molecule has 0 saturated carbocycles. The largest absolute Gasteiger partial charge is 0.480 e. The van der Waals surface area contributed by atoms with Gasteiger partial charge >= 0.3 is 12.0 Å². The third-order valence-corrected chi connectivity index (χ3v) is 3.15. The van der Waals surface area contributed by atoms with Gasteiger partial charge in [-0.25, -0.2) is 9.59 Å². The molecule has 0 aromatic carbocycles. The molecule has 0 spiro atoms. The number of nitrogens with one attached hydrogen (secondary N) is 1. The van der Waals surface area contributed by atoms with E-state index in [1.807, 2.05) is 20.8 Å². The lowest BCUT2D eigenvalue weighted by molar-refractivity contribution is -0.139. The van der Waals surface area contributed by atoms with Gasteiger partial charge in [0, 0.05) is 13.1 Å². The Hall–Kier alpha value is -1.30.